The van der Waals surface area contributed by atoms with Crippen molar-refractivity contribution in [3.63, 3.8) is 0 Å². The number of rotatable bonds is 6. The second-order valence-electron chi connectivity index (χ2n) is 5.24. The lowest BCUT2D eigenvalue weighted by Crippen LogP contribution is -2.49. The highest BCUT2D eigenvalue weighted by atomic mass is 35.5. The number of hydrogen-bond acceptors (Lipinski definition) is 4. The highest BCUT2D eigenvalue weighted by Gasteiger charge is 2.23. The summed E-state index contributed by atoms with van der Waals surface area (Å²) < 4.78 is 10.2. The van der Waals surface area contributed by atoms with Crippen LogP contribution >= 0.6 is 11.6 Å². The number of carbonyl (C=O) groups is 1. The molecule has 5 nitrogen and oxygen atoms in total. The number of hydrogen-bond donors (Lipinski definition) is 0. The van der Waals surface area contributed by atoms with Gasteiger partial charge in [0.15, 0.2) is 0 Å². The van der Waals surface area contributed by atoms with Gasteiger partial charge in [-0.2, -0.15) is 0 Å². The van der Waals surface area contributed by atoms with Crippen LogP contribution < -0.4 is 4.90 Å². The monoisotopic (exact) mass is 326 g/mol. The predicted molar refractivity (Wildman–Crippen MR) is 87.7 cm³/mol. The summed E-state index contributed by atoms with van der Waals surface area (Å²) in [6, 6.07) is 7.79. The van der Waals surface area contributed by atoms with Crippen molar-refractivity contribution >= 4 is 23.4 Å². The van der Waals surface area contributed by atoms with Crippen LogP contribution in [-0.2, 0) is 9.47 Å². The number of halogens is 1. The van der Waals surface area contributed by atoms with Gasteiger partial charge in [0.05, 0.1) is 17.3 Å². The number of amides is 1. The quantitative estimate of drug-likeness (QED) is 0.754. The van der Waals surface area contributed by atoms with Crippen molar-refractivity contribution in [2.75, 3.05) is 51.4 Å². The number of anilines is 1. The van der Waals surface area contributed by atoms with Gasteiger partial charge in [0.2, 0.25) is 0 Å². The second kappa shape index (κ2) is 8.86. The molecular weight excluding hydrogens is 304 g/mol. The van der Waals surface area contributed by atoms with Crippen molar-refractivity contribution in [1.29, 1.82) is 0 Å². The van der Waals surface area contributed by atoms with E-state index in [0.29, 0.717) is 26.3 Å². The molecule has 1 fully saturated rings. The van der Waals surface area contributed by atoms with Crippen LogP contribution in [0.15, 0.2) is 24.3 Å². The molecule has 1 amide bonds. The van der Waals surface area contributed by atoms with Crippen molar-refractivity contribution in [1.82, 2.24) is 4.90 Å². The molecule has 0 radical (unpaired) electrons. The van der Waals surface area contributed by atoms with Gasteiger partial charge in [0.1, 0.15) is 0 Å². The highest BCUT2D eigenvalue weighted by molar-refractivity contribution is 6.33. The molecule has 6 heteroatoms. The van der Waals surface area contributed by atoms with Crippen LogP contribution in [0, 0.1) is 0 Å². The molecule has 1 heterocycles. The van der Waals surface area contributed by atoms with Gasteiger partial charge in [0, 0.05) is 39.9 Å². The highest BCUT2D eigenvalue weighted by Crippen LogP contribution is 2.26. The molecule has 0 aliphatic carbocycles. The molecule has 1 aliphatic rings. The third-order valence-electron chi connectivity index (χ3n) is 3.70. The first-order valence-corrected chi connectivity index (χ1v) is 8.00. The fraction of sp³-hybridized carbons (Fsp3) is 0.562. The van der Waals surface area contributed by atoms with Crippen molar-refractivity contribution < 1.29 is 14.3 Å². The van der Waals surface area contributed by atoms with Crippen LogP contribution in [0.5, 0.6) is 0 Å². The Morgan fingerprint density at radius 3 is 2.50 bits per heavy atom. The van der Waals surface area contributed by atoms with E-state index in [-0.39, 0.29) is 6.09 Å². The molecule has 0 N–H and O–H groups in total. The lowest BCUT2D eigenvalue weighted by Gasteiger charge is -2.35. The maximum absolute atomic E-state index is 12.0. The third-order valence-corrected chi connectivity index (χ3v) is 4.02. The summed E-state index contributed by atoms with van der Waals surface area (Å²) in [5.41, 5.74) is 1.02. The molecule has 0 atom stereocenters. The van der Waals surface area contributed by atoms with E-state index in [1.807, 2.05) is 24.3 Å². The van der Waals surface area contributed by atoms with E-state index < -0.39 is 0 Å². The van der Waals surface area contributed by atoms with Crippen molar-refractivity contribution in [3.8, 4) is 0 Å². The van der Waals surface area contributed by atoms with E-state index in [4.69, 9.17) is 21.1 Å². The van der Waals surface area contributed by atoms with Gasteiger partial charge in [-0.1, -0.05) is 23.7 Å². The zero-order chi connectivity index (χ0) is 15.8. The minimum Gasteiger partial charge on any atom is -0.449 e. The Hall–Kier alpha value is -1.46. The number of piperazine rings is 1. The van der Waals surface area contributed by atoms with Gasteiger partial charge in [-0.25, -0.2) is 4.79 Å². The number of ether oxygens (including phenoxy) is 2. The molecule has 1 saturated heterocycles. The number of methoxy groups -OCH3 is 1. The summed E-state index contributed by atoms with van der Waals surface area (Å²) in [5, 5.41) is 0.747. The maximum atomic E-state index is 12.0. The summed E-state index contributed by atoms with van der Waals surface area (Å²) in [5.74, 6) is 0. The van der Waals surface area contributed by atoms with E-state index in [2.05, 4.69) is 4.90 Å². The van der Waals surface area contributed by atoms with Gasteiger partial charge in [0.25, 0.3) is 0 Å². The Morgan fingerprint density at radius 2 is 1.82 bits per heavy atom. The van der Waals surface area contributed by atoms with Crippen molar-refractivity contribution in [2.45, 2.75) is 12.8 Å². The zero-order valence-corrected chi connectivity index (χ0v) is 13.7. The molecule has 1 aliphatic heterocycles. The van der Waals surface area contributed by atoms with Crippen LogP contribution in [0.25, 0.3) is 0 Å². The molecule has 22 heavy (non-hydrogen) atoms. The minimum absolute atomic E-state index is 0.226. The van der Waals surface area contributed by atoms with Crippen LogP contribution in [-0.4, -0.2) is 57.5 Å². The lowest BCUT2D eigenvalue weighted by molar-refractivity contribution is 0.0953. The molecule has 0 aromatic heterocycles. The maximum Gasteiger partial charge on any atom is 0.409 e. The average molecular weight is 327 g/mol. The number of benzene rings is 1. The third kappa shape index (κ3) is 4.78. The Morgan fingerprint density at radius 1 is 1.14 bits per heavy atom. The zero-order valence-electron chi connectivity index (χ0n) is 13.0. The minimum atomic E-state index is -0.226. The molecule has 0 spiro atoms. The van der Waals surface area contributed by atoms with Crippen LogP contribution in [0.2, 0.25) is 5.02 Å². The molecule has 122 valence electrons. The molecule has 1 aromatic rings. The Labute approximate surface area is 136 Å². The van der Waals surface area contributed by atoms with E-state index in [1.165, 1.54) is 0 Å². The van der Waals surface area contributed by atoms with Gasteiger partial charge < -0.3 is 19.3 Å². The Balaban J connectivity index is 1.72. The summed E-state index contributed by atoms with van der Waals surface area (Å²) in [4.78, 5) is 15.9. The van der Waals surface area contributed by atoms with E-state index >= 15 is 0 Å². The van der Waals surface area contributed by atoms with Crippen LogP contribution in [0.1, 0.15) is 12.8 Å². The number of unbranched alkanes of at least 4 members (excludes halogenated alkanes) is 1. The molecule has 2 rings (SSSR count). The topological polar surface area (TPSA) is 42.0 Å². The number of carbonyl (C=O) groups excluding carboxylic acids is 1. The van der Waals surface area contributed by atoms with E-state index in [0.717, 1.165) is 36.6 Å². The smallest absolute Gasteiger partial charge is 0.409 e. The first kappa shape index (κ1) is 16.9. The fourth-order valence-corrected chi connectivity index (χ4v) is 2.69. The summed E-state index contributed by atoms with van der Waals surface area (Å²) >= 11 is 6.21. The first-order chi connectivity index (χ1) is 10.7. The largest absolute Gasteiger partial charge is 0.449 e. The summed E-state index contributed by atoms with van der Waals surface area (Å²) in [7, 11) is 1.67. The molecule has 1 aromatic carbocycles. The van der Waals surface area contributed by atoms with E-state index in [9.17, 15) is 4.79 Å². The Bertz CT molecular complexity index is 476. The van der Waals surface area contributed by atoms with Gasteiger partial charge in [-0.3, -0.25) is 0 Å². The van der Waals surface area contributed by atoms with Gasteiger partial charge >= 0.3 is 6.09 Å². The average Bonchev–Trinajstić information content (AvgIpc) is 2.55. The predicted octanol–water partition coefficient (Wildman–Crippen LogP) is 3.03. The van der Waals surface area contributed by atoms with Crippen molar-refractivity contribution in [3.05, 3.63) is 29.3 Å². The van der Waals surface area contributed by atoms with Crippen molar-refractivity contribution in [2.24, 2.45) is 0 Å². The molecule has 0 unspecified atom stereocenters. The van der Waals surface area contributed by atoms with E-state index in [1.54, 1.807) is 12.0 Å². The lowest BCUT2D eigenvalue weighted by atomic mass is 10.2. The number of nitrogens with zero attached hydrogens (tertiary/aromatic N) is 2. The SMILES string of the molecule is COCCCCOC(=O)N1CCN(c2ccccc2Cl)CC1. The fourth-order valence-electron chi connectivity index (χ4n) is 2.44. The first-order valence-electron chi connectivity index (χ1n) is 7.62. The molecular formula is C16H23ClN2O3. The summed E-state index contributed by atoms with van der Waals surface area (Å²) in [6.45, 7) is 4.00. The van der Waals surface area contributed by atoms with Crippen LogP contribution in [0.3, 0.4) is 0 Å². The summed E-state index contributed by atoms with van der Waals surface area (Å²) in [6.07, 6.45) is 1.51. The van der Waals surface area contributed by atoms with Gasteiger partial charge in [-0.15, -0.1) is 0 Å². The molecule has 0 bridgehead atoms. The normalized spacial score (nSPS) is 15.0. The second-order valence-corrected chi connectivity index (χ2v) is 5.65. The molecule has 0 saturated carbocycles. The van der Waals surface area contributed by atoms with Gasteiger partial charge in [-0.05, 0) is 25.0 Å². The Kier molecular flexibility index (Phi) is 6.80. The van der Waals surface area contributed by atoms with Crippen LogP contribution in [0.4, 0.5) is 10.5 Å². The standard InChI is InChI=1S/C16H23ClN2O3/c1-21-12-4-5-13-22-16(20)19-10-8-18(9-11-19)15-7-3-2-6-14(15)17/h2-3,6-7H,4-5,8-13H2,1H3. The number of para-hydroxylation sites is 1.